The van der Waals surface area contributed by atoms with E-state index in [1.54, 1.807) is 28.6 Å². The number of amides is 1. The van der Waals surface area contributed by atoms with Crippen molar-refractivity contribution >= 4 is 23.2 Å². The van der Waals surface area contributed by atoms with Crippen LogP contribution in [0.4, 0.5) is 4.39 Å². The number of nitrogens with zero attached hydrogens (tertiary/aromatic N) is 7. The number of nitriles is 1. The highest BCUT2D eigenvalue weighted by Crippen LogP contribution is 2.37. The van der Waals surface area contributed by atoms with E-state index in [4.69, 9.17) is 5.10 Å². The highest BCUT2D eigenvalue weighted by Gasteiger charge is 2.20. The van der Waals surface area contributed by atoms with Crippen LogP contribution < -0.4 is 0 Å². The van der Waals surface area contributed by atoms with Crippen molar-refractivity contribution < 1.29 is 9.18 Å². The van der Waals surface area contributed by atoms with Gasteiger partial charge in [0.15, 0.2) is 5.82 Å². The van der Waals surface area contributed by atoms with Crippen molar-refractivity contribution in [1.82, 2.24) is 29.3 Å². The van der Waals surface area contributed by atoms with Gasteiger partial charge >= 0.3 is 0 Å². The molecular formula is C28H32FN7OS. The van der Waals surface area contributed by atoms with Crippen LogP contribution in [-0.2, 0) is 4.79 Å². The highest BCUT2D eigenvalue weighted by atomic mass is 32.2. The number of carbonyl (C=O) groups is 1. The van der Waals surface area contributed by atoms with Crippen molar-refractivity contribution in [1.29, 1.82) is 5.26 Å². The number of unbranched alkanes of at least 4 members (excludes halogenated alkanes) is 1. The zero-order valence-corrected chi connectivity index (χ0v) is 23.0. The van der Waals surface area contributed by atoms with E-state index in [2.05, 4.69) is 34.7 Å². The van der Waals surface area contributed by atoms with E-state index in [0.717, 1.165) is 55.5 Å². The molecule has 10 heteroatoms. The van der Waals surface area contributed by atoms with Crippen LogP contribution in [0.5, 0.6) is 0 Å². The van der Waals surface area contributed by atoms with Gasteiger partial charge in [-0.2, -0.15) is 15.5 Å². The van der Waals surface area contributed by atoms with Crippen molar-refractivity contribution in [3.63, 3.8) is 0 Å². The molecule has 0 aliphatic rings. The zero-order chi connectivity index (χ0) is 27.2. The Bertz CT molecular complexity index is 1470. The van der Waals surface area contributed by atoms with Crippen LogP contribution in [-0.4, -0.2) is 48.8 Å². The fraction of sp³-hybridized carbons (Fsp3) is 0.393. The lowest BCUT2D eigenvalue weighted by Gasteiger charge is -2.20. The standard InChI is InChI=1S/C28H32FN7OS/c1-5-9-23(10-6-7-13-34(4)20(3)37)36-19(2)24(17-33-36)21-14-26(38-28-25(29)11-8-12-31-28)27-22(15-30)16-32-35(27)18-21/h8,11-12,14,16-18,23H,5-7,9-10,13H2,1-4H3. The number of rotatable bonds is 11. The molecule has 4 rings (SSSR count). The number of aromatic nitrogens is 5. The Hall–Kier alpha value is -3.71. The van der Waals surface area contributed by atoms with Crippen LogP contribution in [0.2, 0.25) is 0 Å². The minimum Gasteiger partial charge on any atom is -0.346 e. The van der Waals surface area contributed by atoms with Gasteiger partial charge in [-0.05, 0) is 50.8 Å². The summed E-state index contributed by atoms with van der Waals surface area (Å²) in [5.74, 6) is -0.331. The third-order valence-electron chi connectivity index (χ3n) is 6.77. The largest absolute Gasteiger partial charge is 0.346 e. The molecule has 1 amide bonds. The molecule has 0 aliphatic heterocycles. The van der Waals surface area contributed by atoms with Crippen LogP contribution in [0.15, 0.2) is 52.9 Å². The van der Waals surface area contributed by atoms with Crippen molar-refractivity contribution in [2.24, 2.45) is 0 Å². The third-order valence-corrected chi connectivity index (χ3v) is 7.80. The molecule has 0 fully saturated rings. The number of hydrogen-bond acceptors (Lipinski definition) is 6. The SMILES string of the molecule is CCCC(CCCCN(C)C(C)=O)n1ncc(-c2cc(Sc3ncccc3F)c3c(C#N)cnn3c2)c1C. The van der Waals surface area contributed by atoms with Gasteiger partial charge in [0, 0.05) is 54.6 Å². The van der Waals surface area contributed by atoms with Crippen LogP contribution in [0.1, 0.15) is 63.3 Å². The first-order valence-electron chi connectivity index (χ1n) is 12.8. The predicted molar refractivity (Wildman–Crippen MR) is 145 cm³/mol. The molecule has 4 aromatic heterocycles. The van der Waals surface area contributed by atoms with Gasteiger partial charge in [-0.3, -0.25) is 9.48 Å². The van der Waals surface area contributed by atoms with Gasteiger partial charge in [0.1, 0.15) is 11.1 Å². The number of pyridine rings is 2. The van der Waals surface area contributed by atoms with Gasteiger partial charge < -0.3 is 4.90 Å². The molecule has 4 aromatic rings. The number of hydrogen-bond donors (Lipinski definition) is 0. The molecule has 0 saturated heterocycles. The average Bonchev–Trinajstić information content (AvgIpc) is 3.50. The molecule has 38 heavy (non-hydrogen) atoms. The van der Waals surface area contributed by atoms with Crippen LogP contribution in [0.25, 0.3) is 16.6 Å². The fourth-order valence-electron chi connectivity index (χ4n) is 4.63. The molecule has 0 spiro atoms. The summed E-state index contributed by atoms with van der Waals surface area (Å²) in [5.41, 5.74) is 3.92. The Labute approximate surface area is 226 Å². The number of carbonyl (C=O) groups excluding carboxylic acids is 1. The van der Waals surface area contributed by atoms with Crippen molar-refractivity contribution in [3.8, 4) is 17.2 Å². The molecular weight excluding hydrogens is 501 g/mol. The predicted octanol–water partition coefficient (Wildman–Crippen LogP) is 6.05. The molecule has 0 aliphatic carbocycles. The molecule has 0 aromatic carbocycles. The molecule has 0 N–H and O–H groups in total. The van der Waals surface area contributed by atoms with Crippen LogP contribution in [0.3, 0.4) is 0 Å². The minimum absolute atomic E-state index is 0.0852. The molecule has 1 atom stereocenters. The topological polar surface area (TPSA) is 92.1 Å². The summed E-state index contributed by atoms with van der Waals surface area (Å²) < 4.78 is 18.2. The Morgan fingerprint density at radius 2 is 2.08 bits per heavy atom. The van der Waals surface area contributed by atoms with Gasteiger partial charge in [0.05, 0.1) is 29.5 Å². The number of halogens is 1. The van der Waals surface area contributed by atoms with Crippen LogP contribution in [0, 0.1) is 24.1 Å². The molecule has 1 unspecified atom stereocenters. The normalized spacial score (nSPS) is 12.0. The quantitative estimate of drug-likeness (QED) is 0.218. The maximum Gasteiger partial charge on any atom is 0.219 e. The fourth-order valence-corrected chi connectivity index (χ4v) is 5.60. The summed E-state index contributed by atoms with van der Waals surface area (Å²) in [6, 6.07) is 7.32. The summed E-state index contributed by atoms with van der Waals surface area (Å²) in [6.07, 6.45) is 11.8. The van der Waals surface area contributed by atoms with Gasteiger partial charge in [-0.1, -0.05) is 25.1 Å². The Balaban J connectivity index is 1.65. The first kappa shape index (κ1) is 27.3. The van der Waals surface area contributed by atoms with E-state index in [0.29, 0.717) is 16.0 Å². The van der Waals surface area contributed by atoms with Crippen molar-refractivity contribution in [2.45, 2.75) is 68.8 Å². The Kier molecular flexibility index (Phi) is 8.79. The van der Waals surface area contributed by atoms with Gasteiger partial charge in [-0.25, -0.2) is 13.9 Å². The lowest BCUT2D eigenvalue weighted by atomic mass is 10.0. The zero-order valence-electron chi connectivity index (χ0n) is 22.2. The van der Waals surface area contributed by atoms with Crippen LogP contribution >= 0.6 is 11.8 Å². The lowest BCUT2D eigenvalue weighted by Crippen LogP contribution is -2.25. The minimum atomic E-state index is -0.417. The Morgan fingerprint density at radius 3 is 2.79 bits per heavy atom. The lowest BCUT2D eigenvalue weighted by molar-refractivity contribution is -0.127. The van der Waals surface area contributed by atoms with E-state index in [1.165, 1.54) is 24.0 Å². The van der Waals surface area contributed by atoms with E-state index >= 15 is 0 Å². The third kappa shape index (κ3) is 5.89. The molecule has 0 bridgehead atoms. The molecule has 0 saturated carbocycles. The maximum atomic E-state index is 14.4. The second-order valence-corrected chi connectivity index (χ2v) is 10.4. The molecule has 198 valence electrons. The second-order valence-electron chi connectivity index (χ2n) is 9.42. The summed E-state index contributed by atoms with van der Waals surface area (Å²) in [5, 5.41) is 19.0. The van der Waals surface area contributed by atoms with Crippen molar-refractivity contribution in [2.75, 3.05) is 13.6 Å². The van der Waals surface area contributed by atoms with Crippen molar-refractivity contribution in [3.05, 3.63) is 60.1 Å². The second kappa shape index (κ2) is 12.2. The number of fused-ring (bicyclic) bond motifs is 1. The highest BCUT2D eigenvalue weighted by molar-refractivity contribution is 7.99. The van der Waals surface area contributed by atoms with Gasteiger partial charge in [0.2, 0.25) is 5.91 Å². The average molecular weight is 534 g/mol. The monoisotopic (exact) mass is 533 g/mol. The first-order chi connectivity index (χ1) is 18.3. The van der Waals surface area contributed by atoms with E-state index < -0.39 is 5.82 Å². The summed E-state index contributed by atoms with van der Waals surface area (Å²) in [6.45, 7) is 6.58. The summed E-state index contributed by atoms with van der Waals surface area (Å²) in [4.78, 5) is 18.1. The molecule has 0 radical (unpaired) electrons. The van der Waals surface area contributed by atoms with Gasteiger partial charge in [0.25, 0.3) is 0 Å². The maximum absolute atomic E-state index is 14.4. The summed E-state index contributed by atoms with van der Waals surface area (Å²) in [7, 11) is 1.83. The van der Waals surface area contributed by atoms with E-state index in [1.807, 2.05) is 25.5 Å². The van der Waals surface area contributed by atoms with E-state index in [9.17, 15) is 14.4 Å². The smallest absolute Gasteiger partial charge is 0.219 e. The first-order valence-corrected chi connectivity index (χ1v) is 13.6. The molecule has 4 heterocycles. The summed E-state index contributed by atoms with van der Waals surface area (Å²) >= 11 is 1.18. The Morgan fingerprint density at radius 1 is 1.26 bits per heavy atom. The molecule has 8 nitrogen and oxygen atoms in total. The van der Waals surface area contributed by atoms with E-state index in [-0.39, 0.29) is 17.0 Å². The van der Waals surface area contributed by atoms with Gasteiger partial charge in [-0.15, -0.1) is 0 Å².